The van der Waals surface area contributed by atoms with E-state index in [1.807, 2.05) is 86.6 Å². The molecule has 0 aliphatic carbocycles. The van der Waals surface area contributed by atoms with Gasteiger partial charge in [-0.25, -0.2) is 0 Å². The normalized spacial score (nSPS) is 21.2. The van der Waals surface area contributed by atoms with Gasteiger partial charge in [0.05, 0.1) is 0 Å². The maximum Gasteiger partial charge on any atom is 0.247 e. The number of fused-ring (bicyclic) bond motifs is 10. The molecule has 0 saturated heterocycles. The molecule has 7 heteroatoms. The van der Waals surface area contributed by atoms with Gasteiger partial charge >= 0.3 is 0 Å². The summed E-state index contributed by atoms with van der Waals surface area (Å²) in [5.41, 5.74) is 2.42. The molecule has 5 rings (SSSR count). The number of carbonyl (C=O) groups is 3. The topological polar surface area (TPSA) is 96.5 Å². The maximum absolute atomic E-state index is 13.9. The number of ether oxygens (including phenoxy) is 1. The molecule has 3 aromatic rings. The molecule has 0 unspecified atom stereocenters. The van der Waals surface area contributed by atoms with E-state index in [-0.39, 0.29) is 11.8 Å². The van der Waals surface area contributed by atoms with E-state index < -0.39 is 30.0 Å². The van der Waals surface area contributed by atoms with Gasteiger partial charge in [-0.3, -0.25) is 14.4 Å². The van der Waals surface area contributed by atoms with Gasteiger partial charge in [0.2, 0.25) is 17.7 Å². The Bertz CT molecular complexity index is 1320. The van der Waals surface area contributed by atoms with E-state index in [1.54, 1.807) is 30.5 Å². The standard InChI is InChI=1S/C32H33N3O4/c1-3-22(2)28-31(37)33-21-20-24-14-17-26(18-15-24)39-30(25-12-8-5-9-13-25)29(32(38)35-28)34-27(36)19-16-23-10-6-4-7-11-23/h4-22,28-30H,3H2,1-2H3,(H,33,37)(H,34,36)(H,35,38)/b19-16+,21-20-/t22-,28-,29+,30-/m0/s1. The van der Waals surface area contributed by atoms with Crippen LogP contribution in [0.2, 0.25) is 0 Å². The van der Waals surface area contributed by atoms with Crippen molar-refractivity contribution in [3.8, 4) is 5.75 Å². The molecule has 4 atom stereocenters. The quantitative estimate of drug-likeness (QED) is 0.410. The SMILES string of the molecule is CC[C@H](C)[C@@H]1NC(=O)[C@H](NC(=O)/C=C/c2ccccc2)[C@H](c2ccccc2)Oc2ccc(cc2)/C=C\NC1=O. The summed E-state index contributed by atoms with van der Waals surface area (Å²) in [6.07, 6.45) is 6.19. The van der Waals surface area contributed by atoms with Gasteiger partial charge in [-0.15, -0.1) is 0 Å². The Morgan fingerprint density at radius 3 is 2.28 bits per heavy atom. The van der Waals surface area contributed by atoms with Crippen LogP contribution >= 0.6 is 0 Å². The lowest BCUT2D eigenvalue weighted by molar-refractivity contribution is -0.133. The van der Waals surface area contributed by atoms with Crippen molar-refractivity contribution in [2.45, 2.75) is 38.5 Å². The van der Waals surface area contributed by atoms with Gasteiger partial charge in [0.15, 0.2) is 6.10 Å². The minimum absolute atomic E-state index is 0.154. The van der Waals surface area contributed by atoms with Gasteiger partial charge < -0.3 is 20.7 Å². The van der Waals surface area contributed by atoms with Crippen LogP contribution in [0.4, 0.5) is 0 Å². The van der Waals surface area contributed by atoms with Crippen LogP contribution in [0.1, 0.15) is 43.1 Å². The summed E-state index contributed by atoms with van der Waals surface area (Å²) in [4.78, 5) is 40.1. The first-order chi connectivity index (χ1) is 18.9. The van der Waals surface area contributed by atoms with Gasteiger partial charge in [-0.05, 0) is 46.9 Å². The first-order valence-corrected chi connectivity index (χ1v) is 13.1. The Kier molecular flexibility index (Phi) is 9.29. The summed E-state index contributed by atoms with van der Waals surface area (Å²) in [5.74, 6) is -0.948. The zero-order valence-electron chi connectivity index (χ0n) is 22.0. The summed E-state index contributed by atoms with van der Waals surface area (Å²) in [6, 6.07) is 24.0. The molecule has 0 fully saturated rings. The monoisotopic (exact) mass is 523 g/mol. The Hall–Kier alpha value is -4.65. The lowest BCUT2D eigenvalue weighted by atomic mass is 9.96. The summed E-state index contributed by atoms with van der Waals surface area (Å²) in [5, 5.41) is 8.51. The average Bonchev–Trinajstić information content (AvgIpc) is 2.97. The third-order valence-corrected chi connectivity index (χ3v) is 6.68. The van der Waals surface area contributed by atoms with Gasteiger partial charge in [-0.2, -0.15) is 0 Å². The zero-order valence-corrected chi connectivity index (χ0v) is 22.0. The van der Waals surface area contributed by atoms with E-state index in [0.717, 1.165) is 11.1 Å². The molecule has 3 aromatic carbocycles. The van der Waals surface area contributed by atoms with Crippen molar-refractivity contribution in [2.24, 2.45) is 5.92 Å². The lowest BCUT2D eigenvalue weighted by Gasteiger charge is -2.31. The first kappa shape index (κ1) is 27.4. The molecule has 3 N–H and O–H groups in total. The van der Waals surface area contributed by atoms with Crippen molar-refractivity contribution in [3.05, 3.63) is 114 Å². The smallest absolute Gasteiger partial charge is 0.247 e. The lowest BCUT2D eigenvalue weighted by Crippen LogP contribution is -2.57. The molecule has 200 valence electrons. The fourth-order valence-electron chi connectivity index (χ4n) is 4.25. The molecule has 2 aliphatic rings. The summed E-state index contributed by atoms with van der Waals surface area (Å²) in [6.45, 7) is 3.85. The minimum atomic E-state index is -1.14. The number of benzene rings is 3. The summed E-state index contributed by atoms with van der Waals surface area (Å²) >= 11 is 0. The number of carbonyl (C=O) groups excluding carboxylic acids is 3. The Labute approximate surface area is 229 Å². The van der Waals surface area contributed by atoms with Gasteiger partial charge in [0.1, 0.15) is 17.8 Å². The Morgan fingerprint density at radius 1 is 0.949 bits per heavy atom. The number of hydrogen-bond acceptors (Lipinski definition) is 4. The van der Waals surface area contributed by atoms with Crippen molar-refractivity contribution in [1.82, 2.24) is 16.0 Å². The van der Waals surface area contributed by atoms with Gasteiger partial charge in [0, 0.05) is 12.3 Å². The predicted molar refractivity (Wildman–Crippen MR) is 152 cm³/mol. The molecule has 39 heavy (non-hydrogen) atoms. The van der Waals surface area contributed by atoms with Crippen LogP contribution < -0.4 is 20.7 Å². The largest absolute Gasteiger partial charge is 0.483 e. The van der Waals surface area contributed by atoms with Crippen LogP contribution in [0.25, 0.3) is 12.2 Å². The molecule has 0 aromatic heterocycles. The summed E-state index contributed by atoms with van der Waals surface area (Å²) in [7, 11) is 0. The van der Waals surface area contributed by atoms with E-state index in [0.29, 0.717) is 17.7 Å². The minimum Gasteiger partial charge on any atom is -0.483 e. The predicted octanol–water partition coefficient (Wildman–Crippen LogP) is 4.64. The van der Waals surface area contributed by atoms with Crippen molar-refractivity contribution in [1.29, 1.82) is 0 Å². The fraction of sp³-hybridized carbons (Fsp3) is 0.219. The van der Waals surface area contributed by atoms with Crippen LogP contribution in [0, 0.1) is 5.92 Å². The maximum atomic E-state index is 13.9. The van der Waals surface area contributed by atoms with Crippen molar-refractivity contribution in [3.63, 3.8) is 0 Å². The van der Waals surface area contributed by atoms with E-state index in [1.165, 1.54) is 6.08 Å². The van der Waals surface area contributed by atoms with Crippen LogP contribution in [-0.2, 0) is 14.4 Å². The number of nitrogens with one attached hydrogen (secondary N) is 3. The molecule has 2 bridgehead atoms. The molecular weight excluding hydrogens is 490 g/mol. The van der Waals surface area contributed by atoms with Crippen LogP contribution in [0.3, 0.4) is 0 Å². The van der Waals surface area contributed by atoms with Crippen molar-refractivity contribution in [2.75, 3.05) is 0 Å². The average molecular weight is 524 g/mol. The summed E-state index contributed by atoms with van der Waals surface area (Å²) < 4.78 is 6.37. The zero-order chi connectivity index (χ0) is 27.6. The highest BCUT2D eigenvalue weighted by atomic mass is 16.5. The van der Waals surface area contributed by atoms with Crippen molar-refractivity contribution < 1.29 is 19.1 Å². The molecule has 2 aliphatic heterocycles. The molecule has 0 radical (unpaired) electrons. The third-order valence-electron chi connectivity index (χ3n) is 6.68. The number of hydrogen-bond donors (Lipinski definition) is 3. The highest BCUT2D eigenvalue weighted by Crippen LogP contribution is 2.27. The van der Waals surface area contributed by atoms with E-state index >= 15 is 0 Å². The number of amides is 3. The molecular formula is C32H33N3O4. The Balaban J connectivity index is 1.74. The van der Waals surface area contributed by atoms with Crippen LogP contribution in [0.15, 0.2) is 97.2 Å². The highest BCUT2D eigenvalue weighted by Gasteiger charge is 2.36. The van der Waals surface area contributed by atoms with Crippen LogP contribution in [-0.4, -0.2) is 29.8 Å². The third kappa shape index (κ3) is 7.45. The van der Waals surface area contributed by atoms with E-state index in [9.17, 15) is 14.4 Å². The second-order valence-electron chi connectivity index (χ2n) is 9.46. The first-order valence-electron chi connectivity index (χ1n) is 13.1. The van der Waals surface area contributed by atoms with E-state index in [2.05, 4.69) is 16.0 Å². The highest BCUT2D eigenvalue weighted by molar-refractivity contribution is 5.97. The van der Waals surface area contributed by atoms with Gasteiger partial charge in [0.25, 0.3) is 0 Å². The van der Waals surface area contributed by atoms with Crippen LogP contribution in [0.5, 0.6) is 5.75 Å². The molecule has 0 saturated carbocycles. The molecule has 2 heterocycles. The fourth-order valence-corrected chi connectivity index (χ4v) is 4.25. The molecule has 0 spiro atoms. The second kappa shape index (κ2) is 13.2. The van der Waals surface area contributed by atoms with E-state index in [4.69, 9.17) is 4.74 Å². The molecule has 7 nitrogen and oxygen atoms in total. The number of rotatable bonds is 6. The second-order valence-corrected chi connectivity index (χ2v) is 9.46. The Morgan fingerprint density at radius 2 is 1.62 bits per heavy atom. The van der Waals surface area contributed by atoms with Crippen molar-refractivity contribution >= 4 is 29.9 Å². The van der Waals surface area contributed by atoms with Gasteiger partial charge in [-0.1, -0.05) is 93.1 Å². The molecule has 3 amide bonds.